The highest BCUT2D eigenvalue weighted by Gasteiger charge is 2.17. The van der Waals surface area contributed by atoms with Crippen LogP contribution in [0.5, 0.6) is 0 Å². The van der Waals surface area contributed by atoms with Crippen molar-refractivity contribution in [3.05, 3.63) is 47.7 Å². The van der Waals surface area contributed by atoms with Crippen LogP contribution in [0.4, 0.5) is 4.39 Å². The number of hydrogen-bond acceptors (Lipinski definition) is 3. The van der Waals surface area contributed by atoms with Gasteiger partial charge in [0.1, 0.15) is 25.3 Å². The molecule has 0 aromatic heterocycles. The summed E-state index contributed by atoms with van der Waals surface area (Å²) in [5.74, 6) is -0.481. The zero-order chi connectivity index (χ0) is 13.0. The summed E-state index contributed by atoms with van der Waals surface area (Å²) in [4.78, 5) is 11.8. The van der Waals surface area contributed by atoms with E-state index in [-0.39, 0.29) is 23.5 Å². The maximum atomic E-state index is 12.8. The monoisotopic (exact) mass is 251 g/mol. The van der Waals surface area contributed by atoms with Gasteiger partial charge in [-0.1, -0.05) is 12.1 Å². The Bertz CT molecular complexity index is 456. The van der Waals surface area contributed by atoms with Gasteiger partial charge in [-0.05, 0) is 24.6 Å². The molecular formula is C13H14FNO3. The fourth-order valence-corrected chi connectivity index (χ4v) is 1.59. The molecule has 1 aliphatic heterocycles. The van der Waals surface area contributed by atoms with Crippen LogP contribution in [-0.2, 0) is 14.3 Å². The summed E-state index contributed by atoms with van der Waals surface area (Å²) in [7, 11) is 0. The Labute approximate surface area is 104 Å². The van der Waals surface area contributed by atoms with Gasteiger partial charge >= 0.3 is 0 Å². The third-order valence-corrected chi connectivity index (χ3v) is 2.59. The molecule has 1 N–H and O–H groups in total. The molecule has 1 heterocycles. The van der Waals surface area contributed by atoms with Crippen molar-refractivity contribution in [2.75, 3.05) is 13.2 Å². The molecule has 4 nitrogen and oxygen atoms in total. The van der Waals surface area contributed by atoms with Gasteiger partial charge in [0.2, 0.25) is 5.76 Å². The van der Waals surface area contributed by atoms with Gasteiger partial charge in [0.05, 0.1) is 6.04 Å². The molecule has 1 unspecified atom stereocenters. The summed E-state index contributed by atoms with van der Waals surface area (Å²) in [6, 6.07) is 5.75. The molecule has 0 saturated carbocycles. The van der Waals surface area contributed by atoms with Crippen molar-refractivity contribution in [2.24, 2.45) is 0 Å². The first-order valence-corrected chi connectivity index (χ1v) is 5.68. The number of halogens is 1. The van der Waals surface area contributed by atoms with Gasteiger partial charge in [-0.3, -0.25) is 4.79 Å². The van der Waals surface area contributed by atoms with Gasteiger partial charge in [-0.15, -0.1) is 0 Å². The lowest BCUT2D eigenvalue weighted by molar-refractivity contribution is -0.122. The highest BCUT2D eigenvalue weighted by Crippen LogP contribution is 2.14. The van der Waals surface area contributed by atoms with Gasteiger partial charge in [0.25, 0.3) is 5.91 Å². The van der Waals surface area contributed by atoms with Crippen LogP contribution in [0.2, 0.25) is 0 Å². The summed E-state index contributed by atoms with van der Waals surface area (Å²) < 4.78 is 22.9. The van der Waals surface area contributed by atoms with E-state index in [0.717, 1.165) is 5.56 Å². The summed E-state index contributed by atoms with van der Waals surface area (Å²) in [6.07, 6.45) is 1.30. The Balaban J connectivity index is 1.98. The maximum absolute atomic E-state index is 12.8. The number of nitrogens with one attached hydrogen (secondary N) is 1. The van der Waals surface area contributed by atoms with Crippen molar-refractivity contribution in [3.8, 4) is 0 Å². The fourth-order valence-electron chi connectivity index (χ4n) is 1.59. The first-order chi connectivity index (χ1) is 8.66. The Kier molecular flexibility index (Phi) is 3.82. The van der Waals surface area contributed by atoms with E-state index < -0.39 is 0 Å². The topological polar surface area (TPSA) is 47.6 Å². The van der Waals surface area contributed by atoms with Crippen LogP contribution in [0.1, 0.15) is 18.5 Å². The molecule has 1 aromatic carbocycles. The van der Waals surface area contributed by atoms with Gasteiger partial charge in [-0.25, -0.2) is 4.39 Å². The van der Waals surface area contributed by atoms with Crippen LogP contribution in [0.25, 0.3) is 0 Å². The zero-order valence-corrected chi connectivity index (χ0v) is 9.98. The van der Waals surface area contributed by atoms with Crippen LogP contribution >= 0.6 is 0 Å². The second-order valence-corrected chi connectivity index (χ2v) is 3.95. The Morgan fingerprint density at radius 2 is 2.06 bits per heavy atom. The Morgan fingerprint density at radius 1 is 1.33 bits per heavy atom. The van der Waals surface area contributed by atoms with Crippen LogP contribution in [-0.4, -0.2) is 19.1 Å². The molecule has 0 aliphatic carbocycles. The largest absolute Gasteiger partial charge is 0.494 e. The highest BCUT2D eigenvalue weighted by molar-refractivity contribution is 5.91. The van der Waals surface area contributed by atoms with E-state index in [0.29, 0.717) is 13.2 Å². The fraction of sp³-hybridized carbons (Fsp3) is 0.308. The molecule has 1 aromatic rings. The van der Waals surface area contributed by atoms with Gasteiger partial charge in [0, 0.05) is 0 Å². The quantitative estimate of drug-likeness (QED) is 0.892. The number of carbonyl (C=O) groups is 1. The van der Waals surface area contributed by atoms with Crippen LogP contribution < -0.4 is 5.32 Å². The first-order valence-electron chi connectivity index (χ1n) is 5.68. The predicted molar refractivity (Wildman–Crippen MR) is 62.9 cm³/mol. The van der Waals surface area contributed by atoms with Crippen molar-refractivity contribution >= 4 is 5.91 Å². The standard InChI is InChI=1S/C13H14FNO3/c1-9(10-2-4-11(14)5-3-10)15-13(16)12-8-17-6-7-18-12/h2-5,8-9H,6-7H2,1H3,(H,15,16). The summed E-state index contributed by atoms with van der Waals surface area (Å²) in [6.45, 7) is 2.63. The molecule has 0 radical (unpaired) electrons. The first kappa shape index (κ1) is 12.4. The summed E-state index contributed by atoms with van der Waals surface area (Å²) in [5, 5.41) is 2.75. The molecule has 0 saturated heterocycles. The molecule has 1 amide bonds. The van der Waals surface area contributed by atoms with Crippen LogP contribution in [0.3, 0.4) is 0 Å². The van der Waals surface area contributed by atoms with E-state index in [1.165, 1.54) is 18.4 Å². The molecule has 96 valence electrons. The Morgan fingerprint density at radius 3 is 2.67 bits per heavy atom. The van der Waals surface area contributed by atoms with E-state index in [2.05, 4.69) is 5.32 Å². The van der Waals surface area contributed by atoms with Crippen molar-refractivity contribution < 1.29 is 18.7 Å². The molecule has 1 atom stereocenters. The van der Waals surface area contributed by atoms with E-state index in [9.17, 15) is 9.18 Å². The third kappa shape index (κ3) is 3.00. The maximum Gasteiger partial charge on any atom is 0.290 e. The molecule has 2 rings (SSSR count). The minimum atomic E-state index is -0.341. The third-order valence-electron chi connectivity index (χ3n) is 2.59. The van der Waals surface area contributed by atoms with E-state index >= 15 is 0 Å². The summed E-state index contributed by atoms with van der Waals surface area (Å²) in [5.41, 5.74) is 0.821. The van der Waals surface area contributed by atoms with Gasteiger partial charge in [0.15, 0.2) is 0 Å². The van der Waals surface area contributed by atoms with Crippen molar-refractivity contribution in [2.45, 2.75) is 13.0 Å². The van der Waals surface area contributed by atoms with Gasteiger partial charge in [-0.2, -0.15) is 0 Å². The minimum Gasteiger partial charge on any atom is -0.494 e. The molecular weight excluding hydrogens is 237 g/mol. The Hall–Kier alpha value is -2.04. The zero-order valence-electron chi connectivity index (χ0n) is 9.98. The average molecular weight is 251 g/mol. The molecule has 0 fully saturated rings. The normalized spacial score (nSPS) is 16.0. The van der Waals surface area contributed by atoms with E-state index in [1.807, 2.05) is 6.92 Å². The van der Waals surface area contributed by atoms with Crippen molar-refractivity contribution in [1.82, 2.24) is 5.32 Å². The SMILES string of the molecule is CC(NC(=O)C1=COCCO1)c1ccc(F)cc1. The molecule has 0 spiro atoms. The number of rotatable bonds is 3. The van der Waals surface area contributed by atoms with Crippen molar-refractivity contribution in [3.63, 3.8) is 0 Å². The second kappa shape index (κ2) is 5.53. The number of hydrogen-bond donors (Lipinski definition) is 1. The molecule has 5 heteroatoms. The minimum absolute atomic E-state index is 0.162. The average Bonchev–Trinajstić information content (AvgIpc) is 2.40. The molecule has 0 bridgehead atoms. The van der Waals surface area contributed by atoms with Gasteiger partial charge < -0.3 is 14.8 Å². The second-order valence-electron chi connectivity index (χ2n) is 3.95. The lowest BCUT2D eigenvalue weighted by atomic mass is 10.1. The van der Waals surface area contributed by atoms with Crippen molar-refractivity contribution in [1.29, 1.82) is 0 Å². The molecule has 1 aliphatic rings. The van der Waals surface area contributed by atoms with Crippen LogP contribution in [0.15, 0.2) is 36.3 Å². The predicted octanol–water partition coefficient (Wildman–Crippen LogP) is 1.89. The lowest BCUT2D eigenvalue weighted by Crippen LogP contribution is -2.30. The number of ether oxygens (including phenoxy) is 2. The highest BCUT2D eigenvalue weighted by atomic mass is 19.1. The summed E-state index contributed by atoms with van der Waals surface area (Å²) >= 11 is 0. The smallest absolute Gasteiger partial charge is 0.290 e. The lowest BCUT2D eigenvalue weighted by Gasteiger charge is -2.18. The van der Waals surface area contributed by atoms with Crippen LogP contribution in [0, 0.1) is 5.82 Å². The van der Waals surface area contributed by atoms with E-state index in [4.69, 9.17) is 9.47 Å². The number of amides is 1. The molecule has 18 heavy (non-hydrogen) atoms. The van der Waals surface area contributed by atoms with E-state index in [1.54, 1.807) is 12.1 Å². The number of carbonyl (C=O) groups excluding carboxylic acids is 1. The number of benzene rings is 1.